The monoisotopic (exact) mass is 1010 g/mol. The van der Waals surface area contributed by atoms with E-state index >= 15 is 0 Å². The molecule has 0 atom stereocenters. The molecule has 8 rings (SSSR count). The Balaban J connectivity index is 0.000000264. The van der Waals surface area contributed by atoms with Crippen LogP contribution in [0.1, 0.15) is 82.0 Å². The largest absolute Gasteiger partial charge is 2.00 e. The molecule has 2 aliphatic heterocycles. The molecule has 0 bridgehead atoms. The second kappa shape index (κ2) is 20.5. The van der Waals surface area contributed by atoms with E-state index < -0.39 is 11.2 Å². The molecule has 0 saturated carbocycles. The number of amides is 4. The average Bonchev–Trinajstić information content (AvgIpc) is 3.91. The van der Waals surface area contributed by atoms with Crippen molar-refractivity contribution in [3.05, 3.63) is 69.9 Å². The van der Waals surface area contributed by atoms with Gasteiger partial charge in [0.2, 0.25) is 18.0 Å². The van der Waals surface area contributed by atoms with Crippen LogP contribution in [0.5, 0.6) is 0 Å². The zero-order valence-corrected chi connectivity index (χ0v) is 43.2. The number of ether oxygens (including phenoxy) is 2. The van der Waals surface area contributed by atoms with Gasteiger partial charge in [0.25, 0.3) is 0 Å². The summed E-state index contributed by atoms with van der Waals surface area (Å²) < 4.78 is 13.7. The van der Waals surface area contributed by atoms with Gasteiger partial charge in [-0.25, -0.2) is 19.6 Å². The van der Waals surface area contributed by atoms with E-state index in [1.165, 1.54) is 60.3 Å². The molecule has 0 spiro atoms. The van der Waals surface area contributed by atoms with Crippen LogP contribution < -0.4 is 32.3 Å². The van der Waals surface area contributed by atoms with Crippen LogP contribution in [0.4, 0.5) is 19.6 Å². The number of pyridine rings is 2. The fourth-order valence-corrected chi connectivity index (χ4v) is 11.6. The number of anilines is 2. The van der Waals surface area contributed by atoms with Gasteiger partial charge < -0.3 is 59.5 Å². The van der Waals surface area contributed by atoms with Gasteiger partial charge in [-0.15, -0.1) is 45.3 Å². The van der Waals surface area contributed by atoms with Crippen molar-refractivity contribution in [2.24, 2.45) is 0 Å². The van der Waals surface area contributed by atoms with Crippen molar-refractivity contribution in [2.45, 2.75) is 99.4 Å². The smallest absolute Gasteiger partial charge is 1.00 e. The summed E-state index contributed by atoms with van der Waals surface area (Å²) in [6.07, 6.45) is 5.34. The summed E-state index contributed by atoms with van der Waals surface area (Å²) in [5.74, 6) is -0.296. The quantitative estimate of drug-likeness (QED) is 0.0925. The molecule has 0 radical (unpaired) electrons. The summed E-state index contributed by atoms with van der Waals surface area (Å²) in [6.45, 7) is 18.0. The predicted octanol–water partition coefficient (Wildman–Crippen LogP) is 5.96. The maximum atomic E-state index is 12.5. The number of hydrogen-bond acceptors (Lipinski definition) is 14. The van der Waals surface area contributed by atoms with Crippen LogP contribution in [-0.2, 0) is 45.0 Å². The molecular weight excluding hydrogens is 961 g/mol. The molecule has 6 aromatic rings. The topological polar surface area (TPSA) is 183 Å². The van der Waals surface area contributed by atoms with E-state index in [-0.39, 0.29) is 71.5 Å². The Kier molecular flexibility index (Phi) is 16.8. The standard InChI is InChI=1S/C21H24N4O3S2.C20H22N4O4S2.CH3.BrH.Mg/c1-11-17-14(6-8-22-11)29-19(24-17)16-13-7-9-25(20(27)28-21(3,4)5)10-15(13)30-18(16)23-12(2)26;1-11(25)21-17-16(18-22-13-9-24(27)8-6-14(13)29-18)12-5-7-23(10-15(12)30-17)19(26)28-20(2,3)4;;;/h6,8H,7,9-10H2,1-5H3,(H,23,26);6,8-9H,5,7,10H2,1-4H3,(H,21,25);1H3;1H;/q;;-1;;+2/p-1. The summed E-state index contributed by atoms with van der Waals surface area (Å²) in [4.78, 5) is 68.0. The number of fused-ring (bicyclic) bond motifs is 4. The fourth-order valence-electron chi connectivity index (χ4n) is 6.78. The van der Waals surface area contributed by atoms with Gasteiger partial charge in [0.15, 0.2) is 6.20 Å². The SMILES string of the molecule is CC(=O)Nc1sc2c(c1-c1nc3c(C)nccc3s1)CCN(C(=O)OC(C)(C)C)C2.CC(=O)Nc1sc2c(c1-c1nc3c[n+]([O-])ccc3s1)CCN(C(=O)OC(C)(C)C)C2.[Br-].[CH3-].[Mg+2]. The number of thiazole rings is 2. The summed E-state index contributed by atoms with van der Waals surface area (Å²) in [5, 5.41) is 20.6. The minimum atomic E-state index is -0.557. The van der Waals surface area contributed by atoms with Crippen LogP contribution in [-0.4, -0.2) is 96.1 Å². The molecule has 0 fully saturated rings. The second-order valence-corrected chi connectivity index (χ2v) is 20.7. The number of halogens is 1. The zero-order chi connectivity index (χ0) is 43.3. The molecule has 6 aromatic heterocycles. The summed E-state index contributed by atoms with van der Waals surface area (Å²) in [6, 6.07) is 3.70. The van der Waals surface area contributed by atoms with Crippen molar-refractivity contribution in [1.82, 2.24) is 24.8 Å². The Morgan fingerprint density at radius 1 is 0.762 bits per heavy atom. The number of carbonyl (C=O) groups is 4. The number of nitrogens with zero attached hydrogens (tertiary/aromatic N) is 6. The molecular formula is C42H49BrMgN8O7S4. The van der Waals surface area contributed by atoms with Gasteiger partial charge in [0, 0.05) is 60.1 Å². The Hall–Kier alpha value is -3.99. The fraction of sp³-hybridized carbons (Fsp3) is 0.405. The van der Waals surface area contributed by atoms with Crippen molar-refractivity contribution in [3.63, 3.8) is 0 Å². The van der Waals surface area contributed by atoms with Gasteiger partial charge in [-0.05, 0) is 78.5 Å². The van der Waals surface area contributed by atoms with Gasteiger partial charge in [-0.2, -0.15) is 4.73 Å². The van der Waals surface area contributed by atoms with E-state index in [0.29, 0.717) is 49.5 Å². The summed E-state index contributed by atoms with van der Waals surface area (Å²) >= 11 is 6.04. The molecule has 15 nitrogen and oxygen atoms in total. The van der Waals surface area contributed by atoms with Gasteiger partial charge in [-0.1, -0.05) is 0 Å². The van der Waals surface area contributed by atoms with Crippen molar-refractivity contribution >= 4 is 123 Å². The Morgan fingerprint density at radius 3 is 1.70 bits per heavy atom. The van der Waals surface area contributed by atoms with Crippen LogP contribution in [0.25, 0.3) is 41.6 Å². The van der Waals surface area contributed by atoms with E-state index in [9.17, 15) is 24.4 Å². The van der Waals surface area contributed by atoms with Crippen molar-refractivity contribution in [3.8, 4) is 21.1 Å². The molecule has 2 N–H and O–H groups in total. The number of thiophene rings is 2. The van der Waals surface area contributed by atoms with Gasteiger partial charge >= 0.3 is 35.2 Å². The van der Waals surface area contributed by atoms with Crippen LogP contribution in [0.3, 0.4) is 0 Å². The van der Waals surface area contributed by atoms with Gasteiger partial charge in [0.05, 0.1) is 28.2 Å². The van der Waals surface area contributed by atoms with Crippen LogP contribution in [0.15, 0.2) is 30.7 Å². The number of aryl methyl sites for hydroxylation is 1. The third kappa shape index (κ3) is 12.0. The first-order valence-electron chi connectivity index (χ1n) is 19.3. The van der Waals surface area contributed by atoms with E-state index in [4.69, 9.17) is 14.5 Å². The molecule has 63 heavy (non-hydrogen) atoms. The number of nitrogens with one attached hydrogen (secondary N) is 2. The Labute approximate surface area is 409 Å². The maximum absolute atomic E-state index is 12.5. The summed E-state index contributed by atoms with van der Waals surface area (Å²) in [5.41, 5.74) is 5.37. The van der Waals surface area contributed by atoms with Crippen LogP contribution in [0.2, 0.25) is 0 Å². The molecule has 0 unspecified atom stereocenters. The van der Waals surface area contributed by atoms with E-state index in [0.717, 1.165) is 72.4 Å². The zero-order valence-electron chi connectivity index (χ0n) is 36.9. The molecule has 2 aliphatic rings. The third-order valence-corrected chi connectivity index (χ3v) is 13.6. The molecule has 21 heteroatoms. The minimum absolute atomic E-state index is 0. The molecule has 332 valence electrons. The normalized spacial score (nSPS) is 13.3. The van der Waals surface area contributed by atoms with Crippen LogP contribution in [0, 0.1) is 19.6 Å². The number of rotatable bonds is 4. The minimum Gasteiger partial charge on any atom is -1.00 e. The molecule has 8 heterocycles. The van der Waals surface area contributed by atoms with Crippen molar-refractivity contribution < 1.29 is 50.4 Å². The van der Waals surface area contributed by atoms with Gasteiger partial charge in [0.1, 0.15) is 42.3 Å². The van der Waals surface area contributed by atoms with Crippen molar-refractivity contribution in [2.75, 3.05) is 23.7 Å². The number of hydrogen-bond donors (Lipinski definition) is 2. The van der Waals surface area contributed by atoms with E-state index in [1.54, 1.807) is 33.4 Å². The summed E-state index contributed by atoms with van der Waals surface area (Å²) in [7, 11) is 0. The molecule has 0 aliphatic carbocycles. The van der Waals surface area contributed by atoms with E-state index in [1.807, 2.05) is 54.5 Å². The average molecular weight is 1010 g/mol. The Bertz CT molecular complexity index is 2660. The van der Waals surface area contributed by atoms with Gasteiger partial charge in [-0.3, -0.25) is 14.6 Å². The Morgan fingerprint density at radius 2 is 1.24 bits per heavy atom. The first-order chi connectivity index (χ1) is 28.2. The molecule has 0 saturated heterocycles. The van der Waals surface area contributed by atoms with Crippen molar-refractivity contribution in [1.29, 1.82) is 0 Å². The molecule has 0 aromatic carbocycles. The molecule has 4 amide bonds. The van der Waals surface area contributed by atoms with Crippen LogP contribution >= 0.6 is 45.3 Å². The second-order valence-electron chi connectivity index (χ2n) is 16.4. The first-order valence-corrected chi connectivity index (χ1v) is 22.5. The maximum Gasteiger partial charge on any atom is 2.00 e. The number of aromatic nitrogens is 4. The predicted molar refractivity (Wildman–Crippen MR) is 249 cm³/mol. The third-order valence-electron chi connectivity index (χ3n) is 9.22. The van der Waals surface area contributed by atoms with E-state index in [2.05, 4.69) is 20.6 Å². The number of carbonyl (C=O) groups excluding carboxylic acids is 4. The first kappa shape index (κ1) is 51.6.